The Hall–Kier alpha value is -0.870. The standard InChI is InChI=1S/C12H20N2OS/c1-3-7-14-12(15)6-8-13-9-11-5-4-10(2)16-11/h4-5,13H,3,6-9H2,1-2H3,(H,14,15). The Morgan fingerprint density at radius 3 is 2.81 bits per heavy atom. The van der Waals surface area contributed by atoms with Crippen molar-refractivity contribution in [2.45, 2.75) is 33.2 Å². The molecule has 1 amide bonds. The molecule has 0 unspecified atom stereocenters. The number of nitrogens with one attached hydrogen (secondary N) is 2. The summed E-state index contributed by atoms with van der Waals surface area (Å²) < 4.78 is 0. The van der Waals surface area contributed by atoms with E-state index in [-0.39, 0.29) is 5.91 Å². The minimum absolute atomic E-state index is 0.136. The van der Waals surface area contributed by atoms with Crippen molar-refractivity contribution >= 4 is 17.2 Å². The number of amides is 1. The van der Waals surface area contributed by atoms with Crippen molar-refractivity contribution < 1.29 is 4.79 Å². The molecule has 16 heavy (non-hydrogen) atoms. The highest BCUT2D eigenvalue weighted by atomic mass is 32.1. The highest BCUT2D eigenvalue weighted by Crippen LogP contribution is 2.14. The van der Waals surface area contributed by atoms with Gasteiger partial charge in [-0.25, -0.2) is 0 Å². The molecule has 1 aromatic heterocycles. The molecule has 0 aliphatic carbocycles. The van der Waals surface area contributed by atoms with Gasteiger partial charge in [0.1, 0.15) is 0 Å². The van der Waals surface area contributed by atoms with Crippen LogP contribution < -0.4 is 10.6 Å². The number of rotatable bonds is 7. The van der Waals surface area contributed by atoms with Crippen molar-refractivity contribution in [2.24, 2.45) is 0 Å². The van der Waals surface area contributed by atoms with Gasteiger partial charge in [0.15, 0.2) is 0 Å². The molecule has 0 bridgehead atoms. The normalized spacial score (nSPS) is 10.4. The maximum atomic E-state index is 11.3. The van der Waals surface area contributed by atoms with Gasteiger partial charge < -0.3 is 10.6 Å². The van der Waals surface area contributed by atoms with E-state index in [0.717, 1.165) is 26.1 Å². The molecule has 1 rings (SSSR count). The van der Waals surface area contributed by atoms with E-state index in [4.69, 9.17) is 0 Å². The molecule has 3 nitrogen and oxygen atoms in total. The lowest BCUT2D eigenvalue weighted by Crippen LogP contribution is -2.27. The van der Waals surface area contributed by atoms with E-state index in [1.807, 2.05) is 0 Å². The molecule has 2 N–H and O–H groups in total. The summed E-state index contributed by atoms with van der Waals surface area (Å²) in [5.41, 5.74) is 0. The highest BCUT2D eigenvalue weighted by Gasteiger charge is 2.00. The number of thiophene rings is 1. The molecule has 0 fully saturated rings. The quantitative estimate of drug-likeness (QED) is 0.716. The first-order valence-corrected chi connectivity index (χ1v) is 6.56. The zero-order chi connectivity index (χ0) is 11.8. The van der Waals surface area contributed by atoms with Crippen molar-refractivity contribution in [2.75, 3.05) is 13.1 Å². The summed E-state index contributed by atoms with van der Waals surface area (Å²) in [5, 5.41) is 6.13. The third-order valence-electron chi connectivity index (χ3n) is 2.20. The molecular formula is C12H20N2OS. The van der Waals surface area contributed by atoms with Crippen LogP contribution in [0.3, 0.4) is 0 Å². The number of hydrogen-bond acceptors (Lipinski definition) is 3. The van der Waals surface area contributed by atoms with Gasteiger partial charge in [-0.05, 0) is 25.5 Å². The van der Waals surface area contributed by atoms with Crippen molar-refractivity contribution in [1.82, 2.24) is 10.6 Å². The van der Waals surface area contributed by atoms with Crippen molar-refractivity contribution in [3.8, 4) is 0 Å². The molecule has 0 saturated carbocycles. The summed E-state index contributed by atoms with van der Waals surface area (Å²) >= 11 is 1.80. The molecule has 90 valence electrons. The summed E-state index contributed by atoms with van der Waals surface area (Å²) in [4.78, 5) is 13.9. The van der Waals surface area contributed by atoms with Crippen molar-refractivity contribution in [3.63, 3.8) is 0 Å². The predicted octanol–water partition coefficient (Wildman–Crippen LogP) is 2.06. The SMILES string of the molecule is CCCNC(=O)CCNCc1ccc(C)s1. The smallest absolute Gasteiger partial charge is 0.221 e. The zero-order valence-corrected chi connectivity index (χ0v) is 10.8. The van der Waals surface area contributed by atoms with Crippen LogP contribution in [0.1, 0.15) is 29.5 Å². The average molecular weight is 240 g/mol. The summed E-state index contributed by atoms with van der Waals surface area (Å²) in [6.45, 7) is 6.54. The van der Waals surface area contributed by atoms with E-state index in [9.17, 15) is 4.79 Å². The molecule has 0 aliphatic heterocycles. The van der Waals surface area contributed by atoms with Gasteiger partial charge in [0.25, 0.3) is 0 Å². The molecule has 0 radical (unpaired) electrons. The second kappa shape index (κ2) is 7.41. The summed E-state index contributed by atoms with van der Waals surface area (Å²) in [6, 6.07) is 4.25. The van der Waals surface area contributed by atoms with Crippen LogP contribution in [-0.2, 0) is 11.3 Å². The van der Waals surface area contributed by atoms with Crippen LogP contribution in [0, 0.1) is 6.92 Å². The van der Waals surface area contributed by atoms with Crippen LogP contribution in [0.4, 0.5) is 0 Å². The van der Waals surface area contributed by atoms with Gasteiger partial charge in [0, 0.05) is 35.8 Å². The van der Waals surface area contributed by atoms with Gasteiger partial charge >= 0.3 is 0 Å². The Kier molecular flexibility index (Phi) is 6.11. The Morgan fingerprint density at radius 1 is 1.38 bits per heavy atom. The highest BCUT2D eigenvalue weighted by molar-refractivity contribution is 7.11. The minimum Gasteiger partial charge on any atom is -0.356 e. The first-order chi connectivity index (χ1) is 7.72. The topological polar surface area (TPSA) is 41.1 Å². The fourth-order valence-electron chi connectivity index (χ4n) is 1.35. The number of carbonyl (C=O) groups excluding carboxylic acids is 1. The first kappa shape index (κ1) is 13.2. The Labute approximate surface area is 101 Å². The van der Waals surface area contributed by atoms with Gasteiger partial charge in [-0.2, -0.15) is 0 Å². The molecule has 4 heteroatoms. The third kappa shape index (κ3) is 5.28. The Morgan fingerprint density at radius 2 is 2.19 bits per heavy atom. The largest absolute Gasteiger partial charge is 0.356 e. The molecule has 0 spiro atoms. The summed E-state index contributed by atoms with van der Waals surface area (Å²) in [5.74, 6) is 0.136. The van der Waals surface area contributed by atoms with Gasteiger partial charge in [0.2, 0.25) is 5.91 Å². The molecular weight excluding hydrogens is 220 g/mol. The maximum Gasteiger partial charge on any atom is 0.221 e. The van der Waals surface area contributed by atoms with Crippen LogP contribution in [0.2, 0.25) is 0 Å². The van der Waals surface area contributed by atoms with Crippen molar-refractivity contribution in [3.05, 3.63) is 21.9 Å². The monoisotopic (exact) mass is 240 g/mol. The van der Waals surface area contributed by atoms with Gasteiger partial charge in [-0.3, -0.25) is 4.79 Å². The molecule has 1 aromatic rings. The van der Waals surface area contributed by atoms with E-state index >= 15 is 0 Å². The van der Waals surface area contributed by atoms with Gasteiger partial charge in [-0.15, -0.1) is 11.3 Å². The fourth-order valence-corrected chi connectivity index (χ4v) is 2.21. The predicted molar refractivity (Wildman–Crippen MR) is 68.7 cm³/mol. The second-order valence-corrected chi connectivity index (χ2v) is 5.16. The van der Waals surface area contributed by atoms with Crippen LogP contribution in [0.25, 0.3) is 0 Å². The number of aryl methyl sites for hydroxylation is 1. The lowest BCUT2D eigenvalue weighted by Gasteiger charge is -2.04. The van der Waals surface area contributed by atoms with E-state index in [1.54, 1.807) is 11.3 Å². The average Bonchev–Trinajstić information content (AvgIpc) is 2.67. The second-order valence-electron chi connectivity index (χ2n) is 3.79. The summed E-state index contributed by atoms with van der Waals surface area (Å²) in [6.07, 6.45) is 1.55. The van der Waals surface area contributed by atoms with E-state index < -0.39 is 0 Å². The first-order valence-electron chi connectivity index (χ1n) is 5.75. The van der Waals surface area contributed by atoms with E-state index in [2.05, 4.69) is 36.6 Å². The van der Waals surface area contributed by atoms with Crippen LogP contribution in [0.5, 0.6) is 0 Å². The van der Waals surface area contributed by atoms with Gasteiger partial charge in [0.05, 0.1) is 0 Å². The third-order valence-corrected chi connectivity index (χ3v) is 3.20. The molecule has 1 heterocycles. The van der Waals surface area contributed by atoms with E-state index in [1.165, 1.54) is 9.75 Å². The van der Waals surface area contributed by atoms with Crippen LogP contribution in [0.15, 0.2) is 12.1 Å². The molecule has 0 aromatic carbocycles. The molecule has 0 aliphatic rings. The number of carbonyl (C=O) groups is 1. The van der Waals surface area contributed by atoms with Crippen LogP contribution in [-0.4, -0.2) is 19.0 Å². The fraction of sp³-hybridized carbons (Fsp3) is 0.583. The molecule has 0 saturated heterocycles. The van der Waals surface area contributed by atoms with Crippen LogP contribution >= 0.6 is 11.3 Å². The summed E-state index contributed by atoms with van der Waals surface area (Å²) in [7, 11) is 0. The minimum atomic E-state index is 0.136. The lowest BCUT2D eigenvalue weighted by molar-refractivity contribution is -0.120. The Balaban J connectivity index is 2.05. The Bertz CT molecular complexity index is 323. The van der Waals surface area contributed by atoms with Crippen molar-refractivity contribution in [1.29, 1.82) is 0 Å². The van der Waals surface area contributed by atoms with Gasteiger partial charge in [-0.1, -0.05) is 6.92 Å². The number of hydrogen-bond donors (Lipinski definition) is 2. The maximum absolute atomic E-state index is 11.3. The van der Waals surface area contributed by atoms with E-state index in [0.29, 0.717) is 6.42 Å². The lowest BCUT2D eigenvalue weighted by atomic mass is 10.3. The zero-order valence-electron chi connectivity index (χ0n) is 10.0. The molecule has 0 atom stereocenters.